The summed E-state index contributed by atoms with van der Waals surface area (Å²) in [5.74, 6) is -1.01. The van der Waals surface area contributed by atoms with Gasteiger partial charge in [0, 0.05) is 50.6 Å². The molecule has 0 aliphatic carbocycles. The third kappa shape index (κ3) is 8.29. The van der Waals surface area contributed by atoms with Gasteiger partial charge in [0.05, 0.1) is 29.8 Å². The second kappa shape index (κ2) is 16.3. The number of hydrogen-bond acceptors (Lipinski definition) is 8. The molecule has 0 saturated carbocycles. The molecule has 0 radical (unpaired) electrons. The molecule has 53 heavy (non-hydrogen) atoms. The number of carbonyl (C=O) groups excluding carboxylic acids is 2. The van der Waals surface area contributed by atoms with Gasteiger partial charge in [0.2, 0.25) is 0 Å². The molecule has 3 N–H and O–H groups in total. The maximum atomic E-state index is 13.0. The van der Waals surface area contributed by atoms with E-state index in [1.54, 1.807) is 0 Å². The molecule has 11 heteroatoms. The van der Waals surface area contributed by atoms with Gasteiger partial charge in [-0.05, 0) is 54.2 Å². The summed E-state index contributed by atoms with van der Waals surface area (Å²) in [6, 6.07) is 34.0. The lowest BCUT2D eigenvalue weighted by Gasteiger charge is -2.45. The van der Waals surface area contributed by atoms with E-state index in [1.165, 1.54) is 13.8 Å². The summed E-state index contributed by atoms with van der Waals surface area (Å²) >= 11 is 0. The van der Waals surface area contributed by atoms with Crippen LogP contribution in [0.5, 0.6) is 0 Å². The Morgan fingerprint density at radius 3 is 2.23 bits per heavy atom. The van der Waals surface area contributed by atoms with Crippen molar-refractivity contribution in [2.24, 2.45) is 0 Å². The van der Waals surface area contributed by atoms with E-state index in [4.69, 9.17) is 14.2 Å². The van der Waals surface area contributed by atoms with Gasteiger partial charge >= 0.3 is 11.7 Å². The third-order valence-corrected chi connectivity index (χ3v) is 10.4. The van der Waals surface area contributed by atoms with Crippen molar-refractivity contribution in [3.05, 3.63) is 141 Å². The Morgan fingerprint density at radius 2 is 1.53 bits per heavy atom. The molecule has 2 aliphatic rings. The van der Waals surface area contributed by atoms with Crippen molar-refractivity contribution in [2.75, 3.05) is 19.6 Å². The molecule has 11 nitrogen and oxygen atoms in total. The van der Waals surface area contributed by atoms with E-state index in [-0.39, 0.29) is 48.9 Å². The summed E-state index contributed by atoms with van der Waals surface area (Å²) in [6.07, 6.45) is -0.457. The molecular formula is C42H46N4O7. The van der Waals surface area contributed by atoms with Crippen molar-refractivity contribution >= 4 is 22.9 Å². The summed E-state index contributed by atoms with van der Waals surface area (Å²) in [5, 5.41) is 12.6. The van der Waals surface area contributed by atoms with E-state index in [1.807, 2.05) is 95.6 Å². The number of benzene rings is 4. The number of H-pyrrole nitrogens is 1. The minimum absolute atomic E-state index is 0.0433. The van der Waals surface area contributed by atoms with Crippen LogP contribution in [0.4, 0.5) is 0 Å². The highest BCUT2D eigenvalue weighted by molar-refractivity contribution is 5.82. The second-order valence-electron chi connectivity index (χ2n) is 14.0. The molecule has 2 saturated heterocycles. The van der Waals surface area contributed by atoms with Crippen LogP contribution < -0.4 is 11.0 Å². The first kappa shape index (κ1) is 36.3. The highest BCUT2D eigenvalue weighted by Crippen LogP contribution is 2.47. The molecule has 5 unspecified atom stereocenters. The van der Waals surface area contributed by atoms with Gasteiger partial charge in [-0.1, -0.05) is 91.0 Å². The van der Waals surface area contributed by atoms with E-state index in [0.29, 0.717) is 6.54 Å². The van der Waals surface area contributed by atoms with Crippen LogP contribution in [0.2, 0.25) is 0 Å². The summed E-state index contributed by atoms with van der Waals surface area (Å²) in [7, 11) is 0. The first-order valence-electron chi connectivity index (χ1n) is 18.3. The molecule has 276 valence electrons. The van der Waals surface area contributed by atoms with Gasteiger partial charge in [-0.25, -0.2) is 4.79 Å². The maximum Gasteiger partial charge on any atom is 0.326 e. The Bertz CT molecular complexity index is 2050. The van der Waals surface area contributed by atoms with Crippen LogP contribution in [0.25, 0.3) is 11.0 Å². The number of nitrogens with one attached hydrogen (secondary N) is 2. The number of carbonyl (C=O) groups is 2. The number of para-hydroxylation sites is 2. The van der Waals surface area contributed by atoms with E-state index in [0.717, 1.165) is 64.8 Å². The second-order valence-corrected chi connectivity index (χ2v) is 14.0. The molecule has 3 heterocycles. The Balaban J connectivity index is 1.13. The molecule has 4 aromatic carbocycles. The smallest absolute Gasteiger partial charge is 0.326 e. The zero-order chi connectivity index (χ0) is 36.9. The third-order valence-electron chi connectivity index (χ3n) is 10.4. The van der Waals surface area contributed by atoms with Crippen LogP contribution >= 0.6 is 0 Å². The predicted molar refractivity (Wildman–Crippen MR) is 200 cm³/mol. The fraction of sp³-hybridized carbons (Fsp3) is 0.357. The number of amides is 1. The Hall–Kier alpha value is -5.07. The highest BCUT2D eigenvalue weighted by atomic mass is 16.7. The minimum atomic E-state index is -0.879. The van der Waals surface area contributed by atoms with Crippen molar-refractivity contribution < 1.29 is 28.9 Å². The largest absolute Gasteiger partial charge is 0.453 e. The highest BCUT2D eigenvalue weighted by Gasteiger charge is 2.43. The van der Waals surface area contributed by atoms with Gasteiger partial charge in [-0.3, -0.25) is 14.2 Å². The molecule has 2 fully saturated rings. The number of nitrogens with zero attached hydrogens (tertiary/aromatic N) is 2. The molecule has 7 rings (SSSR count). The van der Waals surface area contributed by atoms with Crippen LogP contribution in [-0.2, 0) is 37.0 Å². The topological polar surface area (TPSA) is 135 Å². The minimum Gasteiger partial charge on any atom is -0.453 e. The first-order chi connectivity index (χ1) is 25.8. The van der Waals surface area contributed by atoms with E-state index in [9.17, 15) is 19.5 Å². The molecule has 2 aliphatic heterocycles. The number of fused-ring (bicyclic) bond motifs is 1. The van der Waals surface area contributed by atoms with E-state index < -0.39 is 18.4 Å². The maximum absolute atomic E-state index is 13.0. The van der Waals surface area contributed by atoms with Gasteiger partial charge < -0.3 is 34.5 Å². The van der Waals surface area contributed by atoms with Gasteiger partial charge in [0.1, 0.15) is 0 Å². The number of likely N-dealkylation sites (tertiary alicyclic amines) is 1. The van der Waals surface area contributed by atoms with Crippen LogP contribution in [-0.4, -0.2) is 63.3 Å². The lowest BCUT2D eigenvalue weighted by Crippen LogP contribution is -2.47. The number of aliphatic hydroxyl groups excluding tert-OH is 1. The number of rotatable bonds is 11. The first-order valence-corrected chi connectivity index (χ1v) is 18.3. The van der Waals surface area contributed by atoms with Crippen LogP contribution in [0, 0.1) is 0 Å². The average molecular weight is 719 g/mol. The summed E-state index contributed by atoms with van der Waals surface area (Å²) in [5.41, 5.74) is 6.39. The van der Waals surface area contributed by atoms with E-state index in [2.05, 4.69) is 27.3 Å². The molecule has 5 aromatic rings. The Kier molecular flexibility index (Phi) is 11.2. The van der Waals surface area contributed by atoms with Crippen molar-refractivity contribution in [3.63, 3.8) is 0 Å². The molecule has 0 bridgehead atoms. The van der Waals surface area contributed by atoms with Gasteiger partial charge in [-0.15, -0.1) is 0 Å². The summed E-state index contributed by atoms with van der Waals surface area (Å²) in [4.78, 5) is 42.1. The SMILES string of the molecule is CC(=O)OC(C)C(=O)NCc1ccc(C2OC(CN3CCC(n4c(=O)[nH]c5ccccc54)CC3)C(c3ccccc3)C(c3ccc(CO)cc3)O2)cc1. The van der Waals surface area contributed by atoms with Crippen molar-refractivity contribution in [1.29, 1.82) is 0 Å². The normalized spacial score (nSPS) is 21.6. The molecule has 0 spiro atoms. The fourth-order valence-electron chi connectivity index (χ4n) is 7.64. The van der Waals surface area contributed by atoms with Crippen LogP contribution in [0.3, 0.4) is 0 Å². The standard InChI is InChI=1S/C42H46N4O7/c1-27(51-28(2)48)40(49)43-24-29-12-18-33(19-13-29)41-52-37(25-45-22-20-34(21-23-45)46-36-11-7-6-10-35(36)44-42(46)50)38(31-8-4-3-5-9-31)39(53-41)32-16-14-30(26-47)15-17-32/h3-19,27,34,37-39,41,47H,20-26H2,1-2H3,(H,43,49)(H,44,50). The molecule has 1 amide bonds. The summed E-state index contributed by atoms with van der Waals surface area (Å²) < 4.78 is 20.7. The number of aliphatic hydroxyl groups is 1. The number of aromatic nitrogens is 2. The van der Waals surface area contributed by atoms with Gasteiger partial charge in [-0.2, -0.15) is 0 Å². The number of piperidine rings is 1. The summed E-state index contributed by atoms with van der Waals surface area (Å²) in [6.45, 7) is 5.35. The lowest BCUT2D eigenvalue weighted by atomic mass is 9.83. The number of aromatic amines is 1. The number of esters is 1. The van der Waals surface area contributed by atoms with Crippen molar-refractivity contribution in [3.8, 4) is 0 Å². The number of ether oxygens (including phenoxy) is 3. The van der Waals surface area contributed by atoms with Crippen molar-refractivity contribution in [2.45, 2.75) is 76.4 Å². The Morgan fingerprint density at radius 1 is 0.868 bits per heavy atom. The number of imidazole rings is 1. The molecule has 1 aromatic heterocycles. The van der Waals surface area contributed by atoms with Gasteiger partial charge in [0.25, 0.3) is 5.91 Å². The van der Waals surface area contributed by atoms with Crippen molar-refractivity contribution in [1.82, 2.24) is 19.8 Å². The number of hydrogen-bond donors (Lipinski definition) is 3. The monoisotopic (exact) mass is 718 g/mol. The quantitative estimate of drug-likeness (QED) is 0.149. The molecular weight excluding hydrogens is 672 g/mol. The average Bonchev–Trinajstić information content (AvgIpc) is 3.52. The van der Waals surface area contributed by atoms with E-state index >= 15 is 0 Å². The van der Waals surface area contributed by atoms with Gasteiger partial charge in [0.15, 0.2) is 12.4 Å². The predicted octanol–water partition coefficient (Wildman–Crippen LogP) is 5.67. The fourth-order valence-corrected chi connectivity index (χ4v) is 7.64. The lowest BCUT2D eigenvalue weighted by molar-refractivity contribution is -0.264. The Labute approximate surface area is 308 Å². The zero-order valence-corrected chi connectivity index (χ0v) is 30.0. The van der Waals surface area contributed by atoms with Crippen LogP contribution in [0.1, 0.15) is 78.9 Å². The molecule has 5 atom stereocenters. The van der Waals surface area contributed by atoms with Crippen LogP contribution in [0.15, 0.2) is 108 Å². The zero-order valence-electron chi connectivity index (χ0n) is 30.0.